The number of hydrogen-bond donors (Lipinski definition) is 3. The molecule has 0 bridgehead atoms. The van der Waals surface area contributed by atoms with Crippen molar-refractivity contribution in [3.8, 4) is 5.75 Å². The Kier molecular flexibility index (Phi) is 5.76. The molecule has 8 heteroatoms. The summed E-state index contributed by atoms with van der Waals surface area (Å²) in [6.45, 7) is 3.54. The zero-order valence-electron chi connectivity index (χ0n) is 14.3. The number of amides is 1. The van der Waals surface area contributed by atoms with Gasteiger partial charge in [0.15, 0.2) is 0 Å². The zero-order valence-corrected chi connectivity index (χ0v) is 14.3. The van der Waals surface area contributed by atoms with Gasteiger partial charge in [0.05, 0.1) is 28.3 Å². The van der Waals surface area contributed by atoms with E-state index in [9.17, 15) is 14.7 Å². The van der Waals surface area contributed by atoms with Gasteiger partial charge in [0.25, 0.3) is 0 Å². The number of carboxylic acid groups (broad SMARTS) is 1. The number of anilines is 1. The molecule has 2 rings (SSSR count). The second-order valence-electron chi connectivity index (χ2n) is 5.65. The van der Waals surface area contributed by atoms with Crippen LogP contribution in [0.1, 0.15) is 23.0 Å². The number of fused-ring (bicyclic) bond motifs is 1. The van der Waals surface area contributed by atoms with Gasteiger partial charge in [-0.2, -0.15) is 0 Å². The van der Waals surface area contributed by atoms with Gasteiger partial charge in [-0.3, -0.25) is 9.78 Å². The second kappa shape index (κ2) is 7.80. The molecule has 0 radical (unpaired) electrons. The molecule has 8 nitrogen and oxygen atoms in total. The Morgan fingerprint density at radius 3 is 2.76 bits per heavy atom. The smallest absolute Gasteiger partial charge is 0.339 e. The number of rotatable bonds is 7. The van der Waals surface area contributed by atoms with E-state index in [0.29, 0.717) is 22.3 Å². The van der Waals surface area contributed by atoms with Gasteiger partial charge in [-0.05, 0) is 26.0 Å². The molecule has 0 aliphatic heterocycles. The summed E-state index contributed by atoms with van der Waals surface area (Å²) in [4.78, 5) is 27.2. The number of nitrogens with two attached hydrogens (primary N) is 1. The summed E-state index contributed by atoms with van der Waals surface area (Å²) in [6.07, 6.45) is 0. The van der Waals surface area contributed by atoms with Gasteiger partial charge in [0, 0.05) is 7.11 Å². The average molecular weight is 347 g/mol. The van der Waals surface area contributed by atoms with Crippen LogP contribution >= 0.6 is 0 Å². The molecule has 2 aromatic rings. The largest absolute Gasteiger partial charge is 0.491 e. The molecule has 0 spiro atoms. The maximum Gasteiger partial charge on any atom is 0.339 e. The standard InChI is InChI=1S/C17H21N3O5/c1-9(19-13(21)8-24-3)7-25-12-6-4-5-11-15(12)16(18)14(17(22)23)10(2)20-11/h4-6,9H,7-8H2,1-3H3,(H2,18,20)(H,19,21)(H,22,23)/t9-/m0/s1. The number of aromatic nitrogens is 1. The first-order valence-corrected chi connectivity index (χ1v) is 7.68. The van der Waals surface area contributed by atoms with Crippen molar-refractivity contribution in [1.82, 2.24) is 10.3 Å². The third-order valence-electron chi connectivity index (χ3n) is 3.58. The number of carboxylic acids is 1. The molecule has 1 amide bonds. The van der Waals surface area contributed by atoms with E-state index in [2.05, 4.69) is 10.3 Å². The summed E-state index contributed by atoms with van der Waals surface area (Å²) in [5.74, 6) is -0.973. The van der Waals surface area contributed by atoms with Gasteiger partial charge >= 0.3 is 5.97 Å². The molecule has 0 unspecified atom stereocenters. The number of methoxy groups -OCH3 is 1. The Hall–Kier alpha value is -2.87. The van der Waals surface area contributed by atoms with Crippen LogP contribution in [-0.2, 0) is 9.53 Å². The lowest BCUT2D eigenvalue weighted by Crippen LogP contribution is -2.38. The molecule has 1 aromatic heterocycles. The van der Waals surface area contributed by atoms with Crippen LogP contribution in [0.2, 0.25) is 0 Å². The Bertz CT molecular complexity index is 806. The van der Waals surface area contributed by atoms with Crippen LogP contribution in [0.5, 0.6) is 5.75 Å². The molecule has 1 heterocycles. The zero-order chi connectivity index (χ0) is 18.6. The second-order valence-corrected chi connectivity index (χ2v) is 5.65. The molecule has 134 valence electrons. The number of aromatic carboxylic acids is 1. The van der Waals surface area contributed by atoms with Crippen LogP contribution in [0.15, 0.2) is 18.2 Å². The van der Waals surface area contributed by atoms with Gasteiger partial charge in [-0.1, -0.05) is 6.07 Å². The number of nitrogens with zero attached hydrogens (tertiary/aromatic N) is 1. The minimum Gasteiger partial charge on any atom is -0.491 e. The Labute approximate surface area is 144 Å². The Morgan fingerprint density at radius 2 is 2.12 bits per heavy atom. The molecule has 0 aliphatic carbocycles. The Balaban J connectivity index is 2.28. The summed E-state index contributed by atoms with van der Waals surface area (Å²) in [6, 6.07) is 4.90. The quantitative estimate of drug-likeness (QED) is 0.690. The summed E-state index contributed by atoms with van der Waals surface area (Å²) in [5.41, 5.74) is 7.03. The fraction of sp³-hybridized carbons (Fsp3) is 0.353. The van der Waals surface area contributed by atoms with Gasteiger partial charge in [0.1, 0.15) is 24.5 Å². The number of carbonyl (C=O) groups excluding carboxylic acids is 1. The minimum atomic E-state index is -1.14. The molecular formula is C17H21N3O5. The van der Waals surface area contributed by atoms with Crippen molar-refractivity contribution in [2.45, 2.75) is 19.9 Å². The number of pyridine rings is 1. The number of nitrogens with one attached hydrogen (secondary N) is 1. The highest BCUT2D eigenvalue weighted by atomic mass is 16.5. The fourth-order valence-electron chi connectivity index (χ4n) is 2.53. The van der Waals surface area contributed by atoms with Crippen LogP contribution in [0.4, 0.5) is 5.69 Å². The van der Waals surface area contributed by atoms with Crippen LogP contribution in [0.3, 0.4) is 0 Å². The van der Waals surface area contributed by atoms with Crippen molar-refractivity contribution < 1.29 is 24.2 Å². The highest BCUT2D eigenvalue weighted by Gasteiger charge is 2.19. The number of carbonyl (C=O) groups is 2. The summed E-state index contributed by atoms with van der Waals surface area (Å²) >= 11 is 0. The molecule has 4 N–H and O–H groups in total. The van der Waals surface area contributed by atoms with Crippen LogP contribution in [0, 0.1) is 6.92 Å². The van der Waals surface area contributed by atoms with Gasteiger partial charge in [-0.15, -0.1) is 0 Å². The Morgan fingerprint density at radius 1 is 1.40 bits per heavy atom. The predicted octanol–water partition coefficient (Wildman–Crippen LogP) is 1.35. The molecule has 1 atom stereocenters. The highest BCUT2D eigenvalue weighted by molar-refractivity contribution is 6.06. The molecule has 25 heavy (non-hydrogen) atoms. The number of hydrogen-bond acceptors (Lipinski definition) is 6. The number of nitrogen functional groups attached to an aromatic ring is 1. The molecule has 0 fully saturated rings. The van der Waals surface area contributed by atoms with Crippen molar-refractivity contribution in [3.05, 3.63) is 29.5 Å². The van der Waals surface area contributed by atoms with E-state index in [1.807, 2.05) is 0 Å². The van der Waals surface area contributed by atoms with Crippen molar-refractivity contribution in [3.63, 3.8) is 0 Å². The third kappa shape index (κ3) is 4.16. The number of benzene rings is 1. The van der Waals surface area contributed by atoms with E-state index in [1.165, 1.54) is 7.11 Å². The first kappa shape index (κ1) is 18.5. The summed E-state index contributed by atoms with van der Waals surface area (Å²) < 4.78 is 10.5. The van der Waals surface area contributed by atoms with E-state index >= 15 is 0 Å². The van der Waals surface area contributed by atoms with Gasteiger partial charge in [-0.25, -0.2) is 4.79 Å². The summed E-state index contributed by atoms with van der Waals surface area (Å²) in [5, 5.41) is 12.5. The summed E-state index contributed by atoms with van der Waals surface area (Å²) in [7, 11) is 1.44. The van der Waals surface area contributed by atoms with E-state index in [4.69, 9.17) is 15.2 Å². The predicted molar refractivity (Wildman–Crippen MR) is 92.8 cm³/mol. The molecule has 0 aliphatic rings. The lowest BCUT2D eigenvalue weighted by atomic mass is 10.1. The molecule has 0 saturated heterocycles. The first-order chi connectivity index (χ1) is 11.8. The number of ether oxygens (including phenoxy) is 2. The van der Waals surface area contributed by atoms with Crippen LogP contribution in [0.25, 0.3) is 10.9 Å². The van der Waals surface area contributed by atoms with Crippen LogP contribution < -0.4 is 15.8 Å². The number of aryl methyl sites for hydroxylation is 1. The van der Waals surface area contributed by atoms with E-state index in [1.54, 1.807) is 32.0 Å². The van der Waals surface area contributed by atoms with Gasteiger partial charge in [0.2, 0.25) is 5.91 Å². The van der Waals surface area contributed by atoms with Crippen LogP contribution in [-0.4, -0.2) is 48.3 Å². The molecule has 1 aromatic carbocycles. The lowest BCUT2D eigenvalue weighted by molar-refractivity contribution is -0.125. The normalized spacial score (nSPS) is 12.0. The minimum absolute atomic E-state index is 0.0310. The first-order valence-electron chi connectivity index (χ1n) is 7.68. The van der Waals surface area contributed by atoms with E-state index in [-0.39, 0.29) is 36.4 Å². The molecule has 0 saturated carbocycles. The van der Waals surface area contributed by atoms with E-state index < -0.39 is 5.97 Å². The highest BCUT2D eigenvalue weighted by Crippen LogP contribution is 2.33. The average Bonchev–Trinajstić information content (AvgIpc) is 2.52. The van der Waals surface area contributed by atoms with Crippen molar-refractivity contribution in [2.75, 3.05) is 26.1 Å². The van der Waals surface area contributed by atoms with Crippen molar-refractivity contribution in [1.29, 1.82) is 0 Å². The van der Waals surface area contributed by atoms with Gasteiger partial charge < -0.3 is 25.6 Å². The topological polar surface area (TPSA) is 124 Å². The van der Waals surface area contributed by atoms with Crippen molar-refractivity contribution in [2.24, 2.45) is 0 Å². The monoisotopic (exact) mass is 347 g/mol. The lowest BCUT2D eigenvalue weighted by Gasteiger charge is -2.17. The molecular weight excluding hydrogens is 326 g/mol. The SMILES string of the molecule is COCC(=O)N[C@@H](C)COc1cccc2nc(C)c(C(=O)O)c(N)c12. The van der Waals surface area contributed by atoms with Crippen molar-refractivity contribution >= 4 is 28.5 Å². The third-order valence-corrected chi connectivity index (χ3v) is 3.58. The maximum absolute atomic E-state index is 11.5. The van der Waals surface area contributed by atoms with E-state index in [0.717, 1.165) is 0 Å². The maximum atomic E-state index is 11.5. The fourth-order valence-corrected chi connectivity index (χ4v) is 2.53.